The second kappa shape index (κ2) is 9.07. The summed E-state index contributed by atoms with van der Waals surface area (Å²) in [5, 5.41) is 10.2. The first-order valence-corrected chi connectivity index (χ1v) is 11.1. The fraction of sp³-hybridized carbons (Fsp3) is 0.429. The Hall–Kier alpha value is -1.30. The first-order valence-electron chi connectivity index (χ1n) is 9.14. The number of nitrogens with two attached hydrogens (primary N) is 1. The number of phenolic OH excluding ortho intramolecular Hbond substituents is 1. The third-order valence-electron chi connectivity index (χ3n) is 4.92. The van der Waals surface area contributed by atoms with E-state index in [4.69, 9.17) is 10.5 Å². The van der Waals surface area contributed by atoms with Gasteiger partial charge in [-0.2, -0.15) is 0 Å². The van der Waals surface area contributed by atoms with Crippen molar-refractivity contribution < 1.29 is 9.84 Å². The van der Waals surface area contributed by atoms with E-state index in [-0.39, 0.29) is 6.23 Å². The molecule has 140 valence electrons. The highest BCUT2D eigenvalue weighted by atomic mass is 32.2. The van der Waals surface area contributed by atoms with Gasteiger partial charge in [-0.3, -0.25) is 5.73 Å². The van der Waals surface area contributed by atoms with E-state index in [1.165, 1.54) is 4.90 Å². The van der Waals surface area contributed by atoms with Crippen molar-refractivity contribution in [3.8, 4) is 11.5 Å². The molecule has 1 aliphatic rings. The number of hydrogen-bond donors (Lipinski definition) is 2. The van der Waals surface area contributed by atoms with Crippen molar-refractivity contribution in [3.05, 3.63) is 48.0 Å². The van der Waals surface area contributed by atoms with Crippen LogP contribution in [0, 0.1) is 18.8 Å². The second-order valence-electron chi connectivity index (χ2n) is 6.84. The van der Waals surface area contributed by atoms with Gasteiger partial charge in [-0.25, -0.2) is 0 Å². The Morgan fingerprint density at radius 2 is 2.08 bits per heavy atom. The van der Waals surface area contributed by atoms with Crippen molar-refractivity contribution in [1.29, 1.82) is 0 Å². The lowest BCUT2D eigenvalue weighted by Crippen LogP contribution is -2.37. The molecule has 3 N–H and O–H groups in total. The van der Waals surface area contributed by atoms with Gasteiger partial charge in [0, 0.05) is 27.2 Å². The van der Waals surface area contributed by atoms with Gasteiger partial charge in [0.2, 0.25) is 0 Å². The number of thioether (sulfide) groups is 2. The largest absolute Gasteiger partial charge is 0.507 e. The van der Waals surface area contributed by atoms with E-state index in [1.54, 1.807) is 11.8 Å². The van der Waals surface area contributed by atoms with Crippen LogP contribution in [-0.4, -0.2) is 22.8 Å². The van der Waals surface area contributed by atoms with E-state index in [2.05, 4.69) is 13.0 Å². The summed E-state index contributed by atoms with van der Waals surface area (Å²) in [4.78, 5) is 2.14. The standard InChI is InChI=1S/C21H27NO2S2/c1-3-15(12-25-19-10-6-7-14(2)20(19)23)11-16-13-26-18-9-5-4-8-17(18)24-21(16)22/h4-10,15-16,21,23H,3,11-13,22H2,1-2H3. The topological polar surface area (TPSA) is 55.5 Å². The molecular formula is C21H27NO2S2. The zero-order valence-corrected chi connectivity index (χ0v) is 17.0. The molecule has 0 saturated carbocycles. The molecule has 3 atom stereocenters. The SMILES string of the molecule is CCC(CSc1cccc(C)c1O)CC1CSc2ccccc2OC1N. The number of para-hydroxylation sites is 2. The highest BCUT2D eigenvalue weighted by Crippen LogP contribution is 2.38. The lowest BCUT2D eigenvalue weighted by molar-refractivity contribution is 0.135. The van der Waals surface area contributed by atoms with Crippen LogP contribution in [0.4, 0.5) is 0 Å². The normalized spacial score (nSPS) is 20.7. The maximum Gasteiger partial charge on any atom is 0.151 e. The van der Waals surface area contributed by atoms with Crippen LogP contribution < -0.4 is 10.5 Å². The van der Waals surface area contributed by atoms with Gasteiger partial charge in [-0.15, -0.1) is 23.5 Å². The average molecular weight is 390 g/mol. The summed E-state index contributed by atoms with van der Waals surface area (Å²) in [5.41, 5.74) is 7.29. The van der Waals surface area contributed by atoms with Crippen LogP contribution in [0.1, 0.15) is 25.3 Å². The predicted molar refractivity (Wildman–Crippen MR) is 111 cm³/mol. The average Bonchev–Trinajstić information content (AvgIpc) is 2.80. The minimum atomic E-state index is -0.266. The van der Waals surface area contributed by atoms with Gasteiger partial charge in [0.15, 0.2) is 6.23 Å². The molecule has 0 saturated heterocycles. The van der Waals surface area contributed by atoms with Gasteiger partial charge in [0.25, 0.3) is 0 Å². The number of aromatic hydroxyl groups is 1. The first-order chi connectivity index (χ1) is 12.6. The molecule has 3 unspecified atom stereocenters. The van der Waals surface area contributed by atoms with E-state index in [0.29, 0.717) is 17.6 Å². The van der Waals surface area contributed by atoms with Crippen LogP contribution in [0.3, 0.4) is 0 Å². The van der Waals surface area contributed by atoms with Crippen molar-refractivity contribution in [1.82, 2.24) is 0 Å². The molecule has 2 aromatic rings. The highest BCUT2D eigenvalue weighted by molar-refractivity contribution is 7.99. The van der Waals surface area contributed by atoms with Gasteiger partial charge in [-0.1, -0.05) is 37.6 Å². The van der Waals surface area contributed by atoms with E-state index < -0.39 is 0 Å². The van der Waals surface area contributed by atoms with Gasteiger partial charge in [0.05, 0.1) is 0 Å². The maximum atomic E-state index is 10.2. The summed E-state index contributed by atoms with van der Waals surface area (Å²) in [6, 6.07) is 14.1. The summed E-state index contributed by atoms with van der Waals surface area (Å²) in [6.45, 7) is 4.17. The van der Waals surface area contributed by atoms with Crippen molar-refractivity contribution in [3.63, 3.8) is 0 Å². The van der Waals surface area contributed by atoms with Crippen LogP contribution in [0.15, 0.2) is 52.3 Å². The molecule has 0 aromatic heterocycles. The molecule has 0 aliphatic carbocycles. The van der Waals surface area contributed by atoms with E-state index >= 15 is 0 Å². The summed E-state index contributed by atoms with van der Waals surface area (Å²) < 4.78 is 6.02. The molecule has 1 aliphatic heterocycles. The second-order valence-corrected chi connectivity index (χ2v) is 8.97. The third-order valence-corrected chi connectivity index (χ3v) is 7.44. The number of fused-ring (bicyclic) bond motifs is 1. The smallest absolute Gasteiger partial charge is 0.151 e. The molecule has 26 heavy (non-hydrogen) atoms. The van der Waals surface area contributed by atoms with E-state index in [1.807, 2.05) is 55.1 Å². The van der Waals surface area contributed by atoms with Crippen LogP contribution >= 0.6 is 23.5 Å². The summed E-state index contributed by atoms with van der Waals surface area (Å²) in [7, 11) is 0. The maximum absolute atomic E-state index is 10.2. The third kappa shape index (κ3) is 4.70. The molecule has 3 rings (SSSR count). The van der Waals surface area contributed by atoms with Crippen LogP contribution in [0.5, 0.6) is 11.5 Å². The van der Waals surface area contributed by atoms with E-state index in [0.717, 1.165) is 40.6 Å². The summed E-state index contributed by atoms with van der Waals surface area (Å²) >= 11 is 3.58. The van der Waals surface area contributed by atoms with Crippen LogP contribution in [0.25, 0.3) is 0 Å². The summed E-state index contributed by atoms with van der Waals surface area (Å²) in [6.07, 6.45) is 1.87. The lowest BCUT2D eigenvalue weighted by Gasteiger charge is -2.25. The number of rotatable bonds is 6. The van der Waals surface area contributed by atoms with Crippen molar-refractivity contribution in [2.24, 2.45) is 17.6 Å². The summed E-state index contributed by atoms with van der Waals surface area (Å²) in [5.74, 6) is 4.14. The van der Waals surface area contributed by atoms with Crippen molar-refractivity contribution in [2.75, 3.05) is 11.5 Å². The Morgan fingerprint density at radius 3 is 2.88 bits per heavy atom. The Kier molecular flexibility index (Phi) is 6.79. The van der Waals surface area contributed by atoms with Crippen molar-refractivity contribution in [2.45, 2.75) is 42.7 Å². The molecule has 0 amide bonds. The molecule has 5 heteroatoms. The molecule has 1 heterocycles. The first kappa shape index (κ1) is 19.5. The minimum absolute atomic E-state index is 0.266. The molecule has 3 nitrogen and oxygen atoms in total. The van der Waals surface area contributed by atoms with Gasteiger partial charge in [-0.05, 0) is 43.0 Å². The number of ether oxygens (including phenoxy) is 1. The molecule has 0 fully saturated rings. The number of aryl methyl sites for hydroxylation is 1. The molecule has 0 radical (unpaired) electrons. The Labute approximate surface area is 164 Å². The Bertz CT molecular complexity index is 738. The fourth-order valence-corrected chi connectivity index (χ4v) is 5.55. The zero-order chi connectivity index (χ0) is 18.5. The number of benzene rings is 2. The minimum Gasteiger partial charge on any atom is -0.507 e. The quantitative estimate of drug-likeness (QED) is 0.657. The van der Waals surface area contributed by atoms with Gasteiger partial charge < -0.3 is 9.84 Å². The molecule has 0 bridgehead atoms. The Balaban J connectivity index is 1.60. The number of hydrogen-bond acceptors (Lipinski definition) is 5. The fourth-order valence-electron chi connectivity index (χ4n) is 3.14. The van der Waals surface area contributed by atoms with Crippen molar-refractivity contribution >= 4 is 23.5 Å². The van der Waals surface area contributed by atoms with E-state index in [9.17, 15) is 5.11 Å². The lowest BCUT2D eigenvalue weighted by atomic mass is 9.94. The monoisotopic (exact) mass is 389 g/mol. The zero-order valence-electron chi connectivity index (χ0n) is 15.4. The highest BCUT2D eigenvalue weighted by Gasteiger charge is 2.27. The molecule has 0 spiro atoms. The predicted octanol–water partition coefficient (Wildman–Crippen LogP) is 5.29. The van der Waals surface area contributed by atoms with Gasteiger partial charge in [0.1, 0.15) is 11.5 Å². The van der Waals surface area contributed by atoms with Gasteiger partial charge >= 0.3 is 0 Å². The Morgan fingerprint density at radius 1 is 1.27 bits per heavy atom. The van der Waals surface area contributed by atoms with Crippen LogP contribution in [0.2, 0.25) is 0 Å². The molecular weight excluding hydrogens is 362 g/mol. The number of phenols is 1. The van der Waals surface area contributed by atoms with Crippen LogP contribution in [-0.2, 0) is 0 Å². The molecule has 2 aromatic carbocycles.